The molecule has 2 N–H and O–H groups in total. The summed E-state index contributed by atoms with van der Waals surface area (Å²) in [7, 11) is 0. The molecule has 0 aromatic heterocycles. The minimum Gasteiger partial charge on any atom is -0.492 e. The summed E-state index contributed by atoms with van der Waals surface area (Å²) < 4.78 is 10.7. The van der Waals surface area contributed by atoms with E-state index in [0.29, 0.717) is 28.6 Å². The van der Waals surface area contributed by atoms with Crippen LogP contribution in [-0.4, -0.2) is 31.0 Å². The Kier molecular flexibility index (Phi) is 6.16. The van der Waals surface area contributed by atoms with Gasteiger partial charge in [-0.3, -0.25) is 14.4 Å². The van der Waals surface area contributed by atoms with Gasteiger partial charge < -0.3 is 20.1 Å². The van der Waals surface area contributed by atoms with E-state index in [2.05, 4.69) is 10.6 Å². The van der Waals surface area contributed by atoms with Gasteiger partial charge in [0.25, 0.3) is 5.91 Å². The van der Waals surface area contributed by atoms with Gasteiger partial charge in [0.15, 0.2) is 6.61 Å². The van der Waals surface area contributed by atoms with Gasteiger partial charge in [-0.2, -0.15) is 0 Å². The smallest absolute Gasteiger partial charge is 0.313 e. The maximum Gasteiger partial charge on any atom is 0.313 e. The summed E-state index contributed by atoms with van der Waals surface area (Å²) in [6, 6.07) is 11.8. The third kappa shape index (κ3) is 5.23. The first kappa shape index (κ1) is 19.7. The van der Waals surface area contributed by atoms with Crippen molar-refractivity contribution >= 4 is 40.8 Å². The van der Waals surface area contributed by atoms with Crippen molar-refractivity contribution in [1.82, 2.24) is 0 Å². The molecule has 28 heavy (non-hydrogen) atoms. The van der Waals surface area contributed by atoms with Crippen LogP contribution >= 0.6 is 11.6 Å². The molecule has 3 rings (SSSR count). The van der Waals surface area contributed by atoms with Crippen LogP contribution in [0.1, 0.15) is 12.5 Å². The molecule has 2 aromatic rings. The van der Waals surface area contributed by atoms with E-state index in [4.69, 9.17) is 21.1 Å². The number of ether oxygens (including phenoxy) is 2. The maximum absolute atomic E-state index is 12.2. The minimum atomic E-state index is -0.498. The number of carbonyl (C=O) groups is 3. The SMILES string of the molecule is CC(=O)Nc1ccc(NC(=O)COC(=O)[C@H]2COc3ccc(Cl)cc3C2)cc1. The number of hydrogen-bond acceptors (Lipinski definition) is 5. The first-order chi connectivity index (χ1) is 13.4. The molecule has 0 unspecified atom stereocenters. The minimum absolute atomic E-state index is 0.180. The first-order valence-electron chi connectivity index (χ1n) is 8.66. The molecular formula is C20H19ClN2O5. The Hall–Kier alpha value is -3.06. The van der Waals surface area contributed by atoms with Crippen molar-refractivity contribution in [2.24, 2.45) is 5.92 Å². The summed E-state index contributed by atoms with van der Waals surface area (Å²) in [5, 5.41) is 5.83. The number of esters is 1. The molecule has 146 valence electrons. The van der Waals surface area contributed by atoms with Gasteiger partial charge in [-0.25, -0.2) is 0 Å². The quantitative estimate of drug-likeness (QED) is 0.750. The lowest BCUT2D eigenvalue weighted by Gasteiger charge is -2.24. The molecule has 0 saturated carbocycles. The lowest BCUT2D eigenvalue weighted by Crippen LogP contribution is -2.31. The predicted molar refractivity (Wildman–Crippen MR) is 104 cm³/mol. The van der Waals surface area contributed by atoms with Crippen molar-refractivity contribution in [2.45, 2.75) is 13.3 Å². The van der Waals surface area contributed by atoms with E-state index in [1.165, 1.54) is 6.92 Å². The summed E-state index contributed by atoms with van der Waals surface area (Å²) in [6.45, 7) is 1.21. The summed E-state index contributed by atoms with van der Waals surface area (Å²) in [5.74, 6) is -0.924. The number of nitrogens with one attached hydrogen (secondary N) is 2. The van der Waals surface area contributed by atoms with Crippen molar-refractivity contribution < 1.29 is 23.9 Å². The maximum atomic E-state index is 12.2. The molecule has 8 heteroatoms. The van der Waals surface area contributed by atoms with Gasteiger partial charge in [0.2, 0.25) is 5.91 Å². The molecular weight excluding hydrogens is 384 g/mol. The first-order valence-corrected chi connectivity index (χ1v) is 9.04. The molecule has 0 saturated heterocycles. The Morgan fingerprint density at radius 1 is 1.11 bits per heavy atom. The summed E-state index contributed by atoms with van der Waals surface area (Å²) in [6.07, 6.45) is 0.445. The van der Waals surface area contributed by atoms with Gasteiger partial charge in [-0.15, -0.1) is 0 Å². The van der Waals surface area contributed by atoms with Crippen LogP contribution in [0.5, 0.6) is 5.75 Å². The Labute approximate surface area is 167 Å². The third-order valence-electron chi connectivity index (χ3n) is 4.10. The molecule has 1 aliphatic heterocycles. The van der Waals surface area contributed by atoms with Gasteiger partial charge in [0.05, 0.1) is 5.92 Å². The molecule has 1 heterocycles. The second-order valence-electron chi connectivity index (χ2n) is 6.38. The van der Waals surface area contributed by atoms with Gasteiger partial charge in [0, 0.05) is 23.3 Å². The van der Waals surface area contributed by atoms with Crippen molar-refractivity contribution in [3.05, 3.63) is 53.1 Å². The van der Waals surface area contributed by atoms with E-state index in [1.54, 1.807) is 42.5 Å². The fourth-order valence-electron chi connectivity index (χ4n) is 2.81. The van der Waals surface area contributed by atoms with E-state index in [0.717, 1.165) is 5.56 Å². The number of rotatable bonds is 5. The van der Waals surface area contributed by atoms with Crippen LogP contribution in [0.15, 0.2) is 42.5 Å². The molecule has 0 radical (unpaired) electrons. The summed E-state index contributed by atoms with van der Waals surface area (Å²) in [4.78, 5) is 35.2. The number of benzene rings is 2. The molecule has 0 spiro atoms. The zero-order valence-corrected chi connectivity index (χ0v) is 15.9. The fourth-order valence-corrected chi connectivity index (χ4v) is 3.00. The van der Waals surface area contributed by atoms with Crippen molar-refractivity contribution in [3.8, 4) is 5.75 Å². The Balaban J connectivity index is 1.48. The van der Waals surface area contributed by atoms with E-state index in [1.807, 2.05) is 0 Å². The highest BCUT2D eigenvalue weighted by Crippen LogP contribution is 2.30. The van der Waals surface area contributed by atoms with Gasteiger partial charge in [-0.05, 0) is 54.4 Å². The average Bonchev–Trinajstić information content (AvgIpc) is 2.66. The average molecular weight is 403 g/mol. The van der Waals surface area contributed by atoms with Crippen LogP contribution in [-0.2, 0) is 25.5 Å². The highest BCUT2D eigenvalue weighted by Gasteiger charge is 2.28. The zero-order valence-electron chi connectivity index (χ0n) is 15.2. The van der Waals surface area contributed by atoms with Gasteiger partial charge >= 0.3 is 5.97 Å². The molecule has 2 aromatic carbocycles. The molecule has 2 amide bonds. The number of hydrogen-bond donors (Lipinski definition) is 2. The standard InChI is InChI=1S/C20H19ClN2O5/c1-12(24)22-16-3-5-17(6-4-16)23-19(25)11-28-20(26)14-8-13-9-15(21)2-7-18(13)27-10-14/h2-7,9,14H,8,10-11H2,1H3,(H,22,24)(H,23,25)/t14-/m1/s1. The van der Waals surface area contributed by atoms with E-state index < -0.39 is 24.4 Å². The van der Waals surface area contributed by atoms with Crippen LogP contribution in [0.25, 0.3) is 0 Å². The number of halogens is 1. The van der Waals surface area contributed by atoms with E-state index in [9.17, 15) is 14.4 Å². The Morgan fingerprint density at radius 3 is 2.46 bits per heavy atom. The lowest BCUT2D eigenvalue weighted by atomic mass is 9.97. The lowest BCUT2D eigenvalue weighted by molar-refractivity contribution is -0.152. The third-order valence-corrected chi connectivity index (χ3v) is 4.33. The molecule has 7 nitrogen and oxygen atoms in total. The topological polar surface area (TPSA) is 93.7 Å². The van der Waals surface area contributed by atoms with Crippen LogP contribution < -0.4 is 15.4 Å². The molecule has 1 atom stereocenters. The largest absolute Gasteiger partial charge is 0.492 e. The fraction of sp³-hybridized carbons (Fsp3) is 0.250. The van der Waals surface area contributed by atoms with Crippen LogP contribution in [0.4, 0.5) is 11.4 Å². The van der Waals surface area contributed by atoms with Gasteiger partial charge in [0.1, 0.15) is 12.4 Å². The van der Waals surface area contributed by atoms with Crippen LogP contribution in [0.2, 0.25) is 5.02 Å². The predicted octanol–water partition coefficient (Wildman–Crippen LogP) is 3.03. The molecule has 0 bridgehead atoms. The van der Waals surface area contributed by atoms with Gasteiger partial charge in [-0.1, -0.05) is 11.6 Å². The monoisotopic (exact) mass is 402 g/mol. The molecule has 0 fully saturated rings. The second-order valence-corrected chi connectivity index (χ2v) is 6.81. The van der Waals surface area contributed by atoms with Crippen molar-refractivity contribution in [2.75, 3.05) is 23.8 Å². The van der Waals surface area contributed by atoms with E-state index >= 15 is 0 Å². The summed E-state index contributed by atoms with van der Waals surface area (Å²) >= 11 is 5.97. The Bertz CT molecular complexity index is 898. The highest BCUT2D eigenvalue weighted by atomic mass is 35.5. The highest BCUT2D eigenvalue weighted by molar-refractivity contribution is 6.30. The summed E-state index contributed by atoms with van der Waals surface area (Å²) in [5.41, 5.74) is 1.98. The van der Waals surface area contributed by atoms with Crippen LogP contribution in [0, 0.1) is 5.92 Å². The van der Waals surface area contributed by atoms with E-state index in [-0.39, 0.29) is 12.5 Å². The molecule has 0 aliphatic carbocycles. The van der Waals surface area contributed by atoms with Crippen molar-refractivity contribution in [3.63, 3.8) is 0 Å². The second kappa shape index (κ2) is 8.75. The normalized spacial score (nSPS) is 15.0. The van der Waals surface area contributed by atoms with Crippen molar-refractivity contribution in [1.29, 1.82) is 0 Å². The number of fused-ring (bicyclic) bond motifs is 1. The Morgan fingerprint density at radius 2 is 1.79 bits per heavy atom. The zero-order chi connectivity index (χ0) is 20.1. The number of anilines is 2. The van der Waals surface area contributed by atoms with Crippen LogP contribution in [0.3, 0.4) is 0 Å². The number of carbonyl (C=O) groups excluding carboxylic acids is 3. The molecule has 1 aliphatic rings. The number of amides is 2.